The predicted octanol–water partition coefficient (Wildman–Crippen LogP) is 3.21. The Morgan fingerprint density at radius 1 is 1.10 bits per heavy atom. The smallest absolute Gasteiger partial charge is 0.405 e. The highest BCUT2D eigenvalue weighted by Crippen LogP contribution is 2.19. The van der Waals surface area contributed by atoms with Crippen molar-refractivity contribution in [1.82, 2.24) is 9.88 Å². The molecule has 0 fully saturated rings. The number of anilines is 1. The van der Waals surface area contributed by atoms with E-state index in [0.717, 1.165) is 0 Å². The van der Waals surface area contributed by atoms with E-state index in [-0.39, 0.29) is 24.4 Å². The number of aryl methyl sites for hydroxylation is 1. The van der Waals surface area contributed by atoms with Crippen molar-refractivity contribution in [3.05, 3.63) is 52.8 Å². The Hall–Kier alpha value is -3.30. The second-order valence-electron chi connectivity index (χ2n) is 6.48. The molecular formula is C20H22F3N3O4. The van der Waals surface area contributed by atoms with Gasteiger partial charge in [-0.25, -0.2) is 4.79 Å². The van der Waals surface area contributed by atoms with E-state index >= 15 is 0 Å². The van der Waals surface area contributed by atoms with Gasteiger partial charge in [-0.1, -0.05) is 12.1 Å². The molecule has 7 nitrogen and oxygen atoms in total. The molecule has 0 aliphatic heterocycles. The monoisotopic (exact) mass is 425 g/mol. The summed E-state index contributed by atoms with van der Waals surface area (Å²) in [7, 11) is 0. The zero-order valence-electron chi connectivity index (χ0n) is 16.7. The number of amides is 2. The Morgan fingerprint density at radius 2 is 1.77 bits per heavy atom. The molecule has 2 aromatic rings. The number of rotatable bonds is 7. The predicted molar refractivity (Wildman–Crippen MR) is 103 cm³/mol. The zero-order valence-corrected chi connectivity index (χ0v) is 16.7. The second-order valence-corrected chi connectivity index (χ2v) is 6.48. The summed E-state index contributed by atoms with van der Waals surface area (Å²) in [6.45, 7) is 3.66. The molecule has 0 spiro atoms. The van der Waals surface area contributed by atoms with E-state index in [2.05, 4.69) is 5.32 Å². The molecule has 0 saturated heterocycles. The number of carbonyl (C=O) groups is 3. The topological polar surface area (TPSA) is 89.4 Å². The Balaban J connectivity index is 2.15. The Bertz CT molecular complexity index is 951. The first-order valence-electron chi connectivity index (χ1n) is 9.11. The van der Waals surface area contributed by atoms with E-state index in [0.29, 0.717) is 17.0 Å². The fourth-order valence-electron chi connectivity index (χ4n) is 2.86. The number of carbonyl (C=O) groups excluding carboxylic acids is 3. The van der Waals surface area contributed by atoms with Gasteiger partial charge in [-0.05, 0) is 39.0 Å². The minimum Gasteiger partial charge on any atom is -0.462 e. The maximum atomic E-state index is 12.5. The van der Waals surface area contributed by atoms with Crippen LogP contribution in [0.25, 0.3) is 0 Å². The first-order chi connectivity index (χ1) is 14.0. The first-order valence-corrected chi connectivity index (χ1v) is 9.11. The highest BCUT2D eigenvalue weighted by molar-refractivity contribution is 6.03. The van der Waals surface area contributed by atoms with Gasteiger partial charge in [-0.3, -0.25) is 9.59 Å². The van der Waals surface area contributed by atoms with Crippen LogP contribution in [0.1, 0.15) is 39.0 Å². The SMILES string of the molecule is CCOC(=O)c1cc(C)n(CC(=O)Nc2ccccc2C(=O)NCC(F)(F)F)c1C. The van der Waals surface area contributed by atoms with Crippen LogP contribution in [-0.4, -0.2) is 41.7 Å². The van der Waals surface area contributed by atoms with E-state index in [1.165, 1.54) is 18.2 Å². The number of nitrogens with one attached hydrogen (secondary N) is 2. The number of para-hydroxylation sites is 1. The van der Waals surface area contributed by atoms with Crippen molar-refractivity contribution in [3.8, 4) is 0 Å². The molecule has 0 radical (unpaired) electrons. The molecule has 1 aromatic carbocycles. The summed E-state index contributed by atoms with van der Waals surface area (Å²) in [5.41, 5.74) is 1.52. The Labute approximate surface area is 171 Å². The van der Waals surface area contributed by atoms with Gasteiger partial charge in [0.2, 0.25) is 5.91 Å². The quantitative estimate of drug-likeness (QED) is 0.667. The number of aromatic nitrogens is 1. The fourth-order valence-corrected chi connectivity index (χ4v) is 2.86. The number of esters is 1. The van der Waals surface area contributed by atoms with Gasteiger partial charge in [0.05, 0.1) is 23.4 Å². The lowest BCUT2D eigenvalue weighted by Gasteiger charge is -2.14. The molecule has 0 atom stereocenters. The number of benzene rings is 1. The molecule has 162 valence electrons. The fraction of sp³-hybridized carbons (Fsp3) is 0.350. The van der Waals surface area contributed by atoms with Crippen molar-refractivity contribution < 1.29 is 32.3 Å². The van der Waals surface area contributed by atoms with E-state index in [1.54, 1.807) is 42.8 Å². The lowest BCUT2D eigenvalue weighted by atomic mass is 10.1. The van der Waals surface area contributed by atoms with Gasteiger partial charge in [0.15, 0.2) is 0 Å². The van der Waals surface area contributed by atoms with Gasteiger partial charge >= 0.3 is 12.1 Å². The average molecular weight is 425 g/mol. The van der Waals surface area contributed by atoms with Gasteiger partial charge in [-0.2, -0.15) is 13.2 Å². The number of hydrogen-bond donors (Lipinski definition) is 2. The van der Waals surface area contributed by atoms with E-state index in [4.69, 9.17) is 4.74 Å². The van der Waals surface area contributed by atoms with Crippen LogP contribution < -0.4 is 10.6 Å². The van der Waals surface area contributed by atoms with E-state index in [1.807, 2.05) is 0 Å². The third-order valence-corrected chi connectivity index (χ3v) is 4.27. The van der Waals surface area contributed by atoms with Gasteiger partial charge in [-0.15, -0.1) is 0 Å². The van der Waals surface area contributed by atoms with Gasteiger partial charge < -0.3 is 19.9 Å². The molecule has 0 saturated carbocycles. The molecule has 1 heterocycles. The zero-order chi connectivity index (χ0) is 22.5. The van der Waals surface area contributed by atoms with Crippen molar-refractivity contribution in [2.45, 2.75) is 33.5 Å². The third-order valence-electron chi connectivity index (χ3n) is 4.27. The van der Waals surface area contributed by atoms with Gasteiger partial charge in [0, 0.05) is 11.4 Å². The number of alkyl halides is 3. The van der Waals surface area contributed by atoms with E-state index in [9.17, 15) is 27.6 Å². The molecule has 0 aliphatic carbocycles. The van der Waals surface area contributed by atoms with Crippen LogP contribution in [0.4, 0.5) is 18.9 Å². The van der Waals surface area contributed by atoms with Crippen LogP contribution in [0.2, 0.25) is 0 Å². The summed E-state index contributed by atoms with van der Waals surface area (Å²) in [5.74, 6) is -1.96. The minimum atomic E-state index is -4.55. The van der Waals surface area contributed by atoms with E-state index < -0.39 is 30.5 Å². The Morgan fingerprint density at radius 3 is 2.40 bits per heavy atom. The summed E-state index contributed by atoms with van der Waals surface area (Å²) in [6, 6.07) is 7.36. The van der Waals surface area contributed by atoms with Crippen molar-refractivity contribution in [3.63, 3.8) is 0 Å². The minimum absolute atomic E-state index is 0.0789. The second kappa shape index (κ2) is 9.47. The molecule has 1 aromatic heterocycles. The normalized spacial score (nSPS) is 11.1. The number of ether oxygens (including phenoxy) is 1. The average Bonchev–Trinajstić information content (AvgIpc) is 2.94. The van der Waals surface area contributed by atoms with Gasteiger partial charge in [0.25, 0.3) is 5.91 Å². The summed E-state index contributed by atoms with van der Waals surface area (Å²) in [5, 5.41) is 4.31. The lowest BCUT2D eigenvalue weighted by molar-refractivity contribution is -0.123. The summed E-state index contributed by atoms with van der Waals surface area (Å²) >= 11 is 0. The summed E-state index contributed by atoms with van der Waals surface area (Å²) < 4.78 is 43.6. The maximum absolute atomic E-state index is 12.5. The third kappa shape index (κ3) is 5.85. The highest BCUT2D eigenvalue weighted by atomic mass is 19.4. The standard InChI is InChI=1S/C20H22F3N3O4/c1-4-30-19(29)15-9-12(2)26(13(15)3)10-17(27)25-16-8-6-5-7-14(16)18(28)24-11-20(21,22)23/h5-9H,4,10-11H2,1-3H3,(H,24,28)(H,25,27). The molecule has 2 rings (SSSR count). The number of nitrogens with zero attached hydrogens (tertiary/aromatic N) is 1. The van der Waals surface area contributed by atoms with Crippen LogP contribution in [0, 0.1) is 13.8 Å². The summed E-state index contributed by atoms with van der Waals surface area (Å²) in [4.78, 5) is 36.6. The Kier molecular flexibility index (Phi) is 7.25. The van der Waals surface area contributed by atoms with Crippen LogP contribution in [-0.2, 0) is 16.1 Å². The first kappa shape index (κ1) is 23.0. The molecule has 10 heteroatoms. The molecule has 0 aliphatic rings. The van der Waals surface area contributed by atoms with Crippen molar-refractivity contribution in [2.75, 3.05) is 18.5 Å². The summed E-state index contributed by atoms with van der Waals surface area (Å²) in [6.07, 6.45) is -4.55. The van der Waals surface area contributed by atoms with Crippen LogP contribution in [0.15, 0.2) is 30.3 Å². The van der Waals surface area contributed by atoms with Crippen LogP contribution >= 0.6 is 0 Å². The molecule has 2 N–H and O–H groups in total. The number of hydrogen-bond acceptors (Lipinski definition) is 4. The molecule has 30 heavy (non-hydrogen) atoms. The van der Waals surface area contributed by atoms with Gasteiger partial charge in [0.1, 0.15) is 13.1 Å². The molecule has 0 bridgehead atoms. The van der Waals surface area contributed by atoms with Crippen LogP contribution in [0.5, 0.6) is 0 Å². The van der Waals surface area contributed by atoms with Crippen molar-refractivity contribution in [2.24, 2.45) is 0 Å². The maximum Gasteiger partial charge on any atom is 0.405 e. The van der Waals surface area contributed by atoms with Crippen molar-refractivity contribution >= 4 is 23.5 Å². The molecular weight excluding hydrogens is 403 g/mol. The van der Waals surface area contributed by atoms with Crippen LogP contribution in [0.3, 0.4) is 0 Å². The highest BCUT2D eigenvalue weighted by Gasteiger charge is 2.28. The molecule has 0 unspecified atom stereocenters. The lowest BCUT2D eigenvalue weighted by Crippen LogP contribution is -2.34. The molecule has 2 amide bonds. The largest absolute Gasteiger partial charge is 0.462 e. The van der Waals surface area contributed by atoms with Crippen molar-refractivity contribution in [1.29, 1.82) is 0 Å². The number of halogens is 3.